The maximum atomic E-state index is 10.3. The fraction of sp³-hybridized carbons (Fsp3) is 0.538. The van der Waals surface area contributed by atoms with E-state index in [9.17, 15) is 5.11 Å². The molecule has 0 aliphatic heterocycles. The van der Waals surface area contributed by atoms with Crippen molar-refractivity contribution in [3.63, 3.8) is 0 Å². The highest BCUT2D eigenvalue weighted by molar-refractivity contribution is 6.36. The normalized spacial score (nSPS) is 19.1. The van der Waals surface area contributed by atoms with E-state index in [1.54, 1.807) is 12.1 Å². The minimum atomic E-state index is -0.822. The topological polar surface area (TPSA) is 32.3 Å². The average Bonchev–Trinajstić information content (AvgIpc) is 3.05. The molecule has 2 nitrogen and oxygen atoms in total. The number of benzene rings is 1. The molecule has 4 heteroatoms. The summed E-state index contributed by atoms with van der Waals surface area (Å²) in [6.07, 6.45) is 2.89. The summed E-state index contributed by atoms with van der Waals surface area (Å²) in [5.74, 6) is 0. The van der Waals surface area contributed by atoms with Gasteiger partial charge < -0.3 is 10.4 Å². The van der Waals surface area contributed by atoms with Gasteiger partial charge in [-0.1, -0.05) is 29.3 Å². The minimum Gasteiger partial charge on any atom is -0.389 e. The average molecular weight is 274 g/mol. The van der Waals surface area contributed by atoms with E-state index in [0.717, 1.165) is 5.56 Å². The lowest BCUT2D eigenvalue weighted by molar-refractivity contribution is 0.0598. The quantitative estimate of drug-likeness (QED) is 0.865. The molecular weight excluding hydrogens is 257 g/mol. The van der Waals surface area contributed by atoms with Crippen LogP contribution in [0.2, 0.25) is 10.0 Å². The smallest absolute Gasteiger partial charge is 0.0784 e. The molecule has 1 aromatic carbocycles. The van der Waals surface area contributed by atoms with Crippen LogP contribution in [0.5, 0.6) is 0 Å². The van der Waals surface area contributed by atoms with Gasteiger partial charge in [-0.25, -0.2) is 0 Å². The van der Waals surface area contributed by atoms with Crippen LogP contribution in [0.25, 0.3) is 0 Å². The van der Waals surface area contributed by atoms with Crippen LogP contribution in [0.1, 0.15) is 25.3 Å². The molecule has 1 atom stereocenters. The highest BCUT2D eigenvalue weighted by Crippen LogP contribution is 2.28. The number of hydrogen-bond donors (Lipinski definition) is 2. The Morgan fingerprint density at radius 2 is 1.94 bits per heavy atom. The standard InChI is InChI=1S/C13H17Cl2NO/c1-13(17,8-16-9-5-6-9)7-10-11(14)3-2-4-12(10)15/h2-4,9,16-17H,5-8H2,1H3. The van der Waals surface area contributed by atoms with Gasteiger partial charge in [0.25, 0.3) is 0 Å². The monoisotopic (exact) mass is 273 g/mol. The Balaban J connectivity index is 2.02. The first kappa shape index (κ1) is 13.2. The number of rotatable bonds is 5. The van der Waals surface area contributed by atoms with Crippen molar-refractivity contribution in [2.24, 2.45) is 0 Å². The molecule has 1 fully saturated rings. The number of halogens is 2. The molecule has 1 saturated carbocycles. The molecule has 0 bridgehead atoms. The largest absolute Gasteiger partial charge is 0.389 e. The molecule has 2 N–H and O–H groups in total. The molecule has 2 rings (SSSR count). The second-order valence-electron chi connectivity index (χ2n) is 5.03. The van der Waals surface area contributed by atoms with E-state index in [1.807, 2.05) is 13.0 Å². The van der Waals surface area contributed by atoms with Gasteiger partial charge in [-0.2, -0.15) is 0 Å². The second kappa shape index (κ2) is 5.15. The zero-order chi connectivity index (χ0) is 12.5. The van der Waals surface area contributed by atoms with Crippen LogP contribution >= 0.6 is 23.2 Å². The highest BCUT2D eigenvalue weighted by Gasteiger charge is 2.27. The predicted octanol–water partition coefficient (Wildman–Crippen LogP) is 3.04. The summed E-state index contributed by atoms with van der Waals surface area (Å²) in [6, 6.07) is 5.99. The van der Waals surface area contributed by atoms with Crippen LogP contribution in [-0.2, 0) is 6.42 Å². The van der Waals surface area contributed by atoms with Gasteiger partial charge in [0.1, 0.15) is 0 Å². The van der Waals surface area contributed by atoms with Crippen LogP contribution < -0.4 is 5.32 Å². The first-order valence-corrected chi connectivity index (χ1v) is 6.62. The third-order valence-corrected chi connectivity index (χ3v) is 3.68. The van der Waals surface area contributed by atoms with E-state index in [2.05, 4.69) is 5.32 Å². The van der Waals surface area contributed by atoms with E-state index in [0.29, 0.717) is 29.1 Å². The molecule has 17 heavy (non-hydrogen) atoms. The summed E-state index contributed by atoms with van der Waals surface area (Å²) >= 11 is 12.2. The third-order valence-electron chi connectivity index (χ3n) is 2.97. The van der Waals surface area contributed by atoms with Crippen molar-refractivity contribution in [2.45, 2.75) is 37.8 Å². The summed E-state index contributed by atoms with van der Waals surface area (Å²) in [5.41, 5.74) is -0.00421. The van der Waals surface area contributed by atoms with Crippen LogP contribution in [-0.4, -0.2) is 23.3 Å². The first-order valence-electron chi connectivity index (χ1n) is 5.86. The van der Waals surface area contributed by atoms with E-state index >= 15 is 0 Å². The number of nitrogens with one attached hydrogen (secondary N) is 1. The molecule has 94 valence electrons. The third kappa shape index (κ3) is 3.85. The van der Waals surface area contributed by atoms with Crippen molar-refractivity contribution in [3.8, 4) is 0 Å². The summed E-state index contributed by atoms with van der Waals surface area (Å²) in [4.78, 5) is 0. The van der Waals surface area contributed by atoms with Gasteiger partial charge in [-0.3, -0.25) is 0 Å². The Morgan fingerprint density at radius 1 is 1.35 bits per heavy atom. The van der Waals surface area contributed by atoms with Crippen molar-refractivity contribution in [1.82, 2.24) is 5.32 Å². The van der Waals surface area contributed by atoms with Gasteiger partial charge in [-0.15, -0.1) is 0 Å². The molecule has 1 unspecified atom stereocenters. The summed E-state index contributed by atoms with van der Waals surface area (Å²) in [5, 5.41) is 14.9. The van der Waals surface area contributed by atoms with E-state index in [-0.39, 0.29) is 0 Å². The molecule has 0 radical (unpaired) electrons. The number of aliphatic hydroxyl groups is 1. The number of hydrogen-bond acceptors (Lipinski definition) is 2. The zero-order valence-corrected chi connectivity index (χ0v) is 11.4. The Labute approximate surface area is 112 Å². The molecule has 0 heterocycles. The van der Waals surface area contributed by atoms with Crippen LogP contribution in [0.4, 0.5) is 0 Å². The minimum absolute atomic E-state index is 0.464. The molecular formula is C13H17Cl2NO. The Bertz CT molecular complexity index is 382. The van der Waals surface area contributed by atoms with Crippen molar-refractivity contribution in [2.75, 3.05) is 6.54 Å². The lowest BCUT2D eigenvalue weighted by Crippen LogP contribution is -2.40. The van der Waals surface area contributed by atoms with E-state index < -0.39 is 5.60 Å². The Morgan fingerprint density at radius 3 is 2.47 bits per heavy atom. The Kier molecular flexibility index (Phi) is 3.99. The summed E-state index contributed by atoms with van der Waals surface area (Å²) < 4.78 is 0. The Hall–Kier alpha value is -0.280. The van der Waals surface area contributed by atoms with Gasteiger partial charge in [0.2, 0.25) is 0 Å². The van der Waals surface area contributed by atoms with Crippen LogP contribution in [0, 0.1) is 0 Å². The fourth-order valence-electron chi connectivity index (χ4n) is 1.80. The molecule has 0 saturated heterocycles. The highest BCUT2D eigenvalue weighted by atomic mass is 35.5. The summed E-state index contributed by atoms with van der Waals surface area (Å²) in [7, 11) is 0. The van der Waals surface area contributed by atoms with Crippen molar-refractivity contribution < 1.29 is 5.11 Å². The summed E-state index contributed by atoms with van der Waals surface area (Å²) in [6.45, 7) is 2.38. The zero-order valence-electron chi connectivity index (χ0n) is 9.84. The van der Waals surface area contributed by atoms with Crippen molar-refractivity contribution in [1.29, 1.82) is 0 Å². The molecule has 0 spiro atoms. The lowest BCUT2D eigenvalue weighted by atomic mass is 9.96. The fourth-order valence-corrected chi connectivity index (χ4v) is 2.33. The van der Waals surface area contributed by atoms with Crippen LogP contribution in [0.3, 0.4) is 0 Å². The second-order valence-corrected chi connectivity index (χ2v) is 5.84. The van der Waals surface area contributed by atoms with Gasteiger partial charge in [0.15, 0.2) is 0 Å². The van der Waals surface area contributed by atoms with E-state index in [4.69, 9.17) is 23.2 Å². The van der Waals surface area contributed by atoms with Gasteiger partial charge in [-0.05, 0) is 37.5 Å². The molecule has 1 aliphatic carbocycles. The molecule has 1 aliphatic rings. The van der Waals surface area contributed by atoms with Crippen LogP contribution in [0.15, 0.2) is 18.2 Å². The van der Waals surface area contributed by atoms with Crippen molar-refractivity contribution >= 4 is 23.2 Å². The van der Waals surface area contributed by atoms with Crippen molar-refractivity contribution in [3.05, 3.63) is 33.8 Å². The van der Waals surface area contributed by atoms with E-state index in [1.165, 1.54) is 12.8 Å². The predicted molar refractivity (Wildman–Crippen MR) is 71.8 cm³/mol. The maximum absolute atomic E-state index is 10.3. The van der Waals surface area contributed by atoms with Gasteiger partial charge in [0, 0.05) is 29.1 Å². The maximum Gasteiger partial charge on any atom is 0.0784 e. The molecule has 0 amide bonds. The SMILES string of the molecule is CC(O)(CNC1CC1)Cc1c(Cl)cccc1Cl. The van der Waals surface area contributed by atoms with Gasteiger partial charge >= 0.3 is 0 Å². The van der Waals surface area contributed by atoms with Gasteiger partial charge in [0.05, 0.1) is 5.60 Å². The molecule has 1 aromatic rings. The first-order chi connectivity index (χ1) is 7.98. The molecule has 0 aromatic heterocycles. The lowest BCUT2D eigenvalue weighted by Gasteiger charge is -2.25.